The minimum absolute atomic E-state index is 0.212. The van der Waals surface area contributed by atoms with Crippen LogP contribution in [0.2, 0.25) is 0 Å². The Morgan fingerprint density at radius 2 is 1.86 bits per heavy atom. The van der Waals surface area contributed by atoms with Crippen molar-refractivity contribution < 1.29 is 29.3 Å². The molecular formula is C15H20O6. The molecule has 0 aromatic carbocycles. The monoisotopic (exact) mass is 296 g/mol. The van der Waals surface area contributed by atoms with Crippen LogP contribution in [-0.4, -0.2) is 45.6 Å². The molecule has 0 unspecified atom stereocenters. The zero-order valence-corrected chi connectivity index (χ0v) is 12.3. The molecule has 0 amide bonds. The van der Waals surface area contributed by atoms with Crippen LogP contribution in [-0.2, 0) is 19.1 Å². The first-order valence-electron chi connectivity index (χ1n) is 7.55. The highest BCUT2D eigenvalue weighted by atomic mass is 16.6. The van der Waals surface area contributed by atoms with Crippen molar-refractivity contribution in [3.63, 3.8) is 0 Å². The average molecular weight is 296 g/mol. The van der Waals surface area contributed by atoms with Gasteiger partial charge in [-0.3, -0.25) is 4.79 Å². The molecule has 6 heteroatoms. The van der Waals surface area contributed by atoms with Crippen molar-refractivity contribution in [2.24, 2.45) is 23.2 Å². The summed E-state index contributed by atoms with van der Waals surface area (Å²) in [5.41, 5.74) is -3.78. The second kappa shape index (κ2) is 3.43. The van der Waals surface area contributed by atoms with E-state index < -0.39 is 46.7 Å². The van der Waals surface area contributed by atoms with Gasteiger partial charge in [0.2, 0.25) is 0 Å². The number of rotatable bonds is 1. The molecule has 2 saturated carbocycles. The molecule has 2 N–H and O–H groups in total. The van der Waals surface area contributed by atoms with E-state index in [1.165, 1.54) is 0 Å². The average Bonchev–Trinajstić information content (AvgIpc) is 2.86. The van der Waals surface area contributed by atoms with Gasteiger partial charge in [0, 0.05) is 0 Å². The van der Waals surface area contributed by atoms with E-state index in [0.29, 0.717) is 6.42 Å². The highest BCUT2D eigenvalue weighted by Crippen LogP contribution is 2.68. The number of hydrogen-bond donors (Lipinski definition) is 2. The highest BCUT2D eigenvalue weighted by molar-refractivity contribution is 5.87. The molecule has 2 saturated heterocycles. The Morgan fingerprint density at radius 3 is 2.48 bits per heavy atom. The van der Waals surface area contributed by atoms with Crippen LogP contribution in [0.1, 0.15) is 33.6 Å². The molecule has 2 heterocycles. The van der Waals surface area contributed by atoms with Crippen molar-refractivity contribution >= 4 is 11.9 Å². The van der Waals surface area contributed by atoms with Crippen LogP contribution in [0.4, 0.5) is 0 Å². The number of fused-ring (bicyclic) bond motifs is 4. The second-order valence-corrected chi connectivity index (χ2v) is 7.49. The van der Waals surface area contributed by atoms with Crippen molar-refractivity contribution in [1.82, 2.24) is 0 Å². The third-order valence-corrected chi connectivity index (χ3v) is 6.69. The molecule has 4 rings (SSSR count). The first-order valence-corrected chi connectivity index (χ1v) is 7.55. The fourth-order valence-electron chi connectivity index (χ4n) is 5.37. The fourth-order valence-corrected chi connectivity index (χ4v) is 5.37. The number of ether oxygens (including phenoxy) is 2. The summed E-state index contributed by atoms with van der Waals surface area (Å²) in [6, 6.07) is 0. The lowest BCUT2D eigenvalue weighted by Crippen LogP contribution is -2.66. The van der Waals surface area contributed by atoms with Crippen LogP contribution >= 0.6 is 0 Å². The predicted octanol–water partition coefficient (Wildman–Crippen LogP) is 0.00150. The summed E-state index contributed by atoms with van der Waals surface area (Å²) < 4.78 is 10.8. The molecule has 4 aliphatic rings. The molecule has 4 fully saturated rings. The van der Waals surface area contributed by atoms with Gasteiger partial charge in [0.1, 0.15) is 5.60 Å². The van der Waals surface area contributed by atoms with Crippen LogP contribution in [0.25, 0.3) is 0 Å². The van der Waals surface area contributed by atoms with E-state index in [2.05, 4.69) is 0 Å². The summed E-state index contributed by atoms with van der Waals surface area (Å²) in [7, 11) is 0. The second-order valence-electron chi connectivity index (χ2n) is 7.49. The minimum atomic E-state index is -1.56. The molecule has 0 aromatic heterocycles. The number of esters is 2. The van der Waals surface area contributed by atoms with Crippen LogP contribution in [0.15, 0.2) is 0 Å². The van der Waals surface area contributed by atoms with Crippen molar-refractivity contribution in [3.8, 4) is 0 Å². The van der Waals surface area contributed by atoms with Crippen molar-refractivity contribution in [1.29, 1.82) is 0 Å². The van der Waals surface area contributed by atoms with Gasteiger partial charge in [-0.05, 0) is 24.7 Å². The van der Waals surface area contributed by atoms with Crippen LogP contribution in [0.5, 0.6) is 0 Å². The van der Waals surface area contributed by atoms with Crippen LogP contribution in [0, 0.1) is 23.2 Å². The van der Waals surface area contributed by atoms with E-state index in [1.807, 2.05) is 13.8 Å². The molecule has 0 aromatic rings. The van der Waals surface area contributed by atoms with E-state index in [1.54, 1.807) is 6.92 Å². The van der Waals surface area contributed by atoms with Gasteiger partial charge in [-0.1, -0.05) is 20.8 Å². The Hall–Kier alpha value is -1.14. The van der Waals surface area contributed by atoms with E-state index in [9.17, 15) is 19.8 Å². The SMILES string of the molecule is CC(C)[C@]1(O)[C@@H]2OC(=O)[C@@H]1[C@@H]1CC[C@]3(O)C(=O)O[C@H]2[C@]13C. The van der Waals surface area contributed by atoms with Gasteiger partial charge in [-0.2, -0.15) is 0 Å². The molecule has 2 aliphatic carbocycles. The predicted molar refractivity (Wildman–Crippen MR) is 68.8 cm³/mol. The molecule has 6 nitrogen and oxygen atoms in total. The normalized spacial score (nSPS) is 57.4. The Labute approximate surface area is 122 Å². The fraction of sp³-hybridized carbons (Fsp3) is 0.867. The van der Waals surface area contributed by atoms with E-state index in [4.69, 9.17) is 9.47 Å². The Balaban J connectivity index is 1.94. The lowest BCUT2D eigenvalue weighted by atomic mass is 9.53. The molecule has 7 atom stereocenters. The Kier molecular flexibility index (Phi) is 2.21. The molecule has 21 heavy (non-hydrogen) atoms. The van der Waals surface area contributed by atoms with Gasteiger partial charge >= 0.3 is 11.9 Å². The zero-order valence-electron chi connectivity index (χ0n) is 12.3. The molecule has 0 spiro atoms. The van der Waals surface area contributed by atoms with Crippen LogP contribution in [0.3, 0.4) is 0 Å². The van der Waals surface area contributed by atoms with Gasteiger partial charge in [-0.15, -0.1) is 0 Å². The maximum absolute atomic E-state index is 12.3. The first-order chi connectivity index (χ1) is 9.69. The summed E-state index contributed by atoms with van der Waals surface area (Å²) in [5.74, 6) is -2.30. The van der Waals surface area contributed by atoms with E-state index in [-0.39, 0.29) is 18.3 Å². The maximum atomic E-state index is 12.3. The largest absolute Gasteiger partial charge is 0.455 e. The van der Waals surface area contributed by atoms with Gasteiger partial charge < -0.3 is 19.7 Å². The number of hydrogen-bond acceptors (Lipinski definition) is 6. The third kappa shape index (κ3) is 1.10. The van der Waals surface area contributed by atoms with Gasteiger partial charge in [-0.25, -0.2) is 4.79 Å². The standard InChI is InChI=1S/C15H20O6/c1-6(2)15(19)8-7-4-5-14(18)12(17)21-9(13(7,14)3)10(15)20-11(8)16/h6-10,18-19H,4-5H2,1-3H3/t7-,8-,9+,10+,13-,14-,15+/m0/s1. The summed E-state index contributed by atoms with van der Waals surface area (Å²) in [6.07, 6.45) is -0.890. The van der Waals surface area contributed by atoms with Crippen molar-refractivity contribution in [2.45, 2.75) is 57.0 Å². The molecular weight excluding hydrogens is 276 g/mol. The van der Waals surface area contributed by atoms with Gasteiger partial charge in [0.15, 0.2) is 17.8 Å². The number of aliphatic hydroxyl groups is 2. The maximum Gasteiger partial charge on any atom is 0.339 e. The Morgan fingerprint density at radius 1 is 1.19 bits per heavy atom. The summed E-state index contributed by atoms with van der Waals surface area (Å²) in [6.45, 7) is 5.47. The smallest absolute Gasteiger partial charge is 0.339 e. The zero-order chi connectivity index (χ0) is 15.4. The molecule has 0 radical (unpaired) electrons. The van der Waals surface area contributed by atoms with Crippen molar-refractivity contribution in [3.05, 3.63) is 0 Å². The molecule has 2 bridgehead atoms. The summed E-state index contributed by atoms with van der Waals surface area (Å²) in [4.78, 5) is 24.5. The van der Waals surface area contributed by atoms with Crippen molar-refractivity contribution in [2.75, 3.05) is 0 Å². The number of carbonyl (C=O) groups is 2. The summed E-state index contributed by atoms with van der Waals surface area (Å²) in [5, 5.41) is 22.0. The van der Waals surface area contributed by atoms with Crippen LogP contribution < -0.4 is 0 Å². The lowest BCUT2D eigenvalue weighted by molar-refractivity contribution is -0.202. The summed E-state index contributed by atoms with van der Waals surface area (Å²) >= 11 is 0. The number of carbonyl (C=O) groups excluding carboxylic acids is 2. The van der Waals surface area contributed by atoms with Gasteiger partial charge in [0.25, 0.3) is 0 Å². The third-order valence-electron chi connectivity index (χ3n) is 6.69. The van der Waals surface area contributed by atoms with Gasteiger partial charge in [0.05, 0.1) is 11.3 Å². The van der Waals surface area contributed by atoms with E-state index in [0.717, 1.165) is 0 Å². The Bertz CT molecular complexity index is 554. The highest BCUT2D eigenvalue weighted by Gasteiger charge is 2.83. The first kappa shape index (κ1) is 13.5. The topological polar surface area (TPSA) is 93.1 Å². The molecule has 116 valence electrons. The molecule has 2 aliphatic heterocycles. The van der Waals surface area contributed by atoms with E-state index >= 15 is 0 Å². The lowest BCUT2D eigenvalue weighted by Gasteiger charge is -2.51. The minimum Gasteiger partial charge on any atom is -0.455 e. The quantitative estimate of drug-likeness (QED) is 0.662.